The minimum atomic E-state index is -0.544. The van der Waals surface area contributed by atoms with Gasteiger partial charge in [0.2, 0.25) is 0 Å². The molecule has 0 aromatic heterocycles. The van der Waals surface area contributed by atoms with E-state index in [1.165, 1.54) is 13.5 Å². The number of aryl methyl sites for hydroxylation is 1. The monoisotopic (exact) mass is 319 g/mol. The molecular weight excluding hydrogens is 294 g/mol. The highest BCUT2D eigenvalue weighted by atomic mass is 16.5. The predicted octanol–water partition coefficient (Wildman–Crippen LogP) is 2.86. The number of hydrogen-bond donors (Lipinski definition) is 1. The molecule has 1 aliphatic rings. The average Bonchev–Trinajstić information content (AvgIpc) is 2.54. The first kappa shape index (κ1) is 17.3. The summed E-state index contributed by atoms with van der Waals surface area (Å²) in [7, 11) is 1.50. The average molecular weight is 319 g/mol. The van der Waals surface area contributed by atoms with Crippen LogP contribution in [0, 0.1) is 12.8 Å². The van der Waals surface area contributed by atoms with Gasteiger partial charge in [0, 0.05) is 6.04 Å². The normalized spacial score (nSPS) is 20.7. The van der Waals surface area contributed by atoms with Crippen molar-refractivity contribution in [3.63, 3.8) is 0 Å². The fourth-order valence-corrected chi connectivity index (χ4v) is 2.97. The van der Waals surface area contributed by atoms with Crippen molar-refractivity contribution in [3.8, 4) is 5.75 Å². The maximum Gasteiger partial charge on any atom is 0.342 e. The zero-order valence-electron chi connectivity index (χ0n) is 14.1. The van der Waals surface area contributed by atoms with Gasteiger partial charge in [-0.15, -0.1) is 0 Å². The van der Waals surface area contributed by atoms with Gasteiger partial charge in [0.25, 0.3) is 5.91 Å². The van der Waals surface area contributed by atoms with Gasteiger partial charge in [-0.3, -0.25) is 4.79 Å². The number of amides is 1. The van der Waals surface area contributed by atoms with Crippen LogP contribution in [0.15, 0.2) is 18.2 Å². The lowest BCUT2D eigenvalue weighted by atomic mass is 9.86. The molecule has 1 aromatic carbocycles. The van der Waals surface area contributed by atoms with Crippen molar-refractivity contribution < 1.29 is 19.1 Å². The van der Waals surface area contributed by atoms with Crippen molar-refractivity contribution in [1.82, 2.24) is 5.32 Å². The summed E-state index contributed by atoms with van der Waals surface area (Å²) >= 11 is 0. The molecule has 23 heavy (non-hydrogen) atoms. The molecule has 2 atom stereocenters. The van der Waals surface area contributed by atoms with E-state index in [2.05, 4.69) is 12.2 Å². The van der Waals surface area contributed by atoms with Gasteiger partial charge in [-0.1, -0.05) is 31.4 Å². The smallest absolute Gasteiger partial charge is 0.342 e. The third kappa shape index (κ3) is 4.71. The highest BCUT2D eigenvalue weighted by Crippen LogP contribution is 2.24. The first-order valence-electron chi connectivity index (χ1n) is 8.12. The van der Waals surface area contributed by atoms with Gasteiger partial charge in [0.05, 0.1) is 7.11 Å². The van der Waals surface area contributed by atoms with Crippen LogP contribution in [-0.2, 0) is 9.53 Å². The molecule has 0 bridgehead atoms. The SMILES string of the molecule is COc1ccc(C)cc1C(=O)OCC(=O)N[C@H]1CCCC[C@H]1C. The Balaban J connectivity index is 1.88. The largest absolute Gasteiger partial charge is 0.496 e. The maximum absolute atomic E-state index is 12.2. The van der Waals surface area contributed by atoms with Gasteiger partial charge in [0.15, 0.2) is 6.61 Å². The summed E-state index contributed by atoms with van der Waals surface area (Å²) in [6.07, 6.45) is 4.48. The molecule has 5 heteroatoms. The molecule has 1 fully saturated rings. The summed E-state index contributed by atoms with van der Waals surface area (Å²) in [5.41, 5.74) is 1.27. The van der Waals surface area contributed by atoms with E-state index in [-0.39, 0.29) is 18.6 Å². The minimum absolute atomic E-state index is 0.184. The highest BCUT2D eigenvalue weighted by Gasteiger charge is 2.23. The van der Waals surface area contributed by atoms with E-state index in [4.69, 9.17) is 9.47 Å². The summed E-state index contributed by atoms with van der Waals surface area (Å²) in [6, 6.07) is 5.45. The Hall–Kier alpha value is -2.04. The number of ether oxygens (including phenoxy) is 2. The quantitative estimate of drug-likeness (QED) is 0.848. The Kier molecular flexibility index (Phi) is 6.02. The molecule has 0 unspecified atom stereocenters. The van der Waals surface area contributed by atoms with E-state index in [9.17, 15) is 9.59 Å². The summed E-state index contributed by atoms with van der Waals surface area (Å²) in [5.74, 6) is 0.128. The molecule has 0 spiro atoms. The zero-order chi connectivity index (χ0) is 16.8. The van der Waals surface area contributed by atoms with Crippen molar-refractivity contribution in [1.29, 1.82) is 0 Å². The van der Waals surface area contributed by atoms with Crippen LogP contribution in [0.2, 0.25) is 0 Å². The van der Waals surface area contributed by atoms with E-state index in [0.717, 1.165) is 24.8 Å². The molecule has 0 heterocycles. The first-order valence-corrected chi connectivity index (χ1v) is 8.12. The number of rotatable bonds is 5. The number of carbonyl (C=O) groups excluding carboxylic acids is 2. The lowest BCUT2D eigenvalue weighted by molar-refractivity contribution is -0.125. The molecule has 0 aliphatic heterocycles. The Bertz CT molecular complexity index is 570. The molecule has 1 N–H and O–H groups in total. The van der Waals surface area contributed by atoms with Crippen LogP contribution in [0.4, 0.5) is 0 Å². The highest BCUT2D eigenvalue weighted by molar-refractivity contribution is 5.94. The molecule has 1 aliphatic carbocycles. The Morgan fingerprint density at radius 1 is 1.26 bits per heavy atom. The van der Waals surface area contributed by atoms with Crippen molar-refractivity contribution >= 4 is 11.9 Å². The molecule has 5 nitrogen and oxygen atoms in total. The second-order valence-corrected chi connectivity index (χ2v) is 6.22. The Morgan fingerprint density at radius 2 is 2.00 bits per heavy atom. The number of esters is 1. The van der Waals surface area contributed by atoms with Gasteiger partial charge in [-0.05, 0) is 37.8 Å². The second-order valence-electron chi connectivity index (χ2n) is 6.22. The minimum Gasteiger partial charge on any atom is -0.496 e. The van der Waals surface area contributed by atoms with Gasteiger partial charge in [0.1, 0.15) is 11.3 Å². The molecule has 1 aromatic rings. The number of hydrogen-bond acceptors (Lipinski definition) is 4. The standard InChI is InChI=1S/C18H25NO4/c1-12-8-9-16(22-3)14(10-12)18(21)23-11-17(20)19-15-7-5-4-6-13(15)2/h8-10,13,15H,4-7,11H2,1-3H3,(H,19,20)/t13-,15+/m1/s1. The van der Waals surface area contributed by atoms with Crippen molar-refractivity contribution in [2.24, 2.45) is 5.92 Å². The predicted molar refractivity (Wildman–Crippen MR) is 87.6 cm³/mol. The van der Waals surface area contributed by atoms with Crippen LogP contribution >= 0.6 is 0 Å². The summed E-state index contributed by atoms with van der Waals surface area (Å²) in [6.45, 7) is 3.76. The van der Waals surface area contributed by atoms with Crippen LogP contribution in [0.25, 0.3) is 0 Å². The first-order chi connectivity index (χ1) is 11.0. The molecule has 0 saturated heterocycles. The number of benzene rings is 1. The van der Waals surface area contributed by atoms with Crippen LogP contribution in [0.1, 0.15) is 48.5 Å². The van der Waals surface area contributed by atoms with E-state index in [1.54, 1.807) is 12.1 Å². The van der Waals surface area contributed by atoms with Crippen LogP contribution in [-0.4, -0.2) is 31.6 Å². The molecule has 1 amide bonds. The molecule has 2 rings (SSSR count). The number of carbonyl (C=O) groups is 2. The molecular formula is C18H25NO4. The van der Waals surface area contributed by atoms with Crippen LogP contribution in [0.5, 0.6) is 5.75 Å². The molecule has 1 saturated carbocycles. The van der Waals surface area contributed by atoms with Crippen molar-refractivity contribution in [2.45, 2.75) is 45.6 Å². The van der Waals surface area contributed by atoms with E-state index in [0.29, 0.717) is 17.2 Å². The fourth-order valence-electron chi connectivity index (χ4n) is 2.97. The van der Waals surface area contributed by atoms with Crippen molar-refractivity contribution in [2.75, 3.05) is 13.7 Å². The van der Waals surface area contributed by atoms with E-state index >= 15 is 0 Å². The summed E-state index contributed by atoms with van der Waals surface area (Å²) in [4.78, 5) is 24.1. The van der Waals surface area contributed by atoms with Crippen LogP contribution < -0.4 is 10.1 Å². The Labute approximate surface area is 137 Å². The molecule has 126 valence electrons. The van der Waals surface area contributed by atoms with E-state index < -0.39 is 5.97 Å². The topological polar surface area (TPSA) is 64.6 Å². The lowest BCUT2D eigenvalue weighted by Gasteiger charge is -2.29. The van der Waals surface area contributed by atoms with Gasteiger partial charge >= 0.3 is 5.97 Å². The third-order valence-corrected chi connectivity index (χ3v) is 4.37. The van der Waals surface area contributed by atoms with Gasteiger partial charge in [-0.2, -0.15) is 0 Å². The van der Waals surface area contributed by atoms with Crippen LogP contribution in [0.3, 0.4) is 0 Å². The number of nitrogens with one attached hydrogen (secondary N) is 1. The lowest BCUT2D eigenvalue weighted by Crippen LogP contribution is -2.42. The zero-order valence-corrected chi connectivity index (χ0v) is 14.1. The third-order valence-electron chi connectivity index (χ3n) is 4.37. The van der Waals surface area contributed by atoms with Gasteiger partial charge < -0.3 is 14.8 Å². The maximum atomic E-state index is 12.2. The summed E-state index contributed by atoms with van der Waals surface area (Å²) < 4.78 is 10.3. The molecule has 0 radical (unpaired) electrons. The summed E-state index contributed by atoms with van der Waals surface area (Å²) in [5, 5.41) is 2.97. The second kappa shape index (κ2) is 7.99. The van der Waals surface area contributed by atoms with Crippen molar-refractivity contribution in [3.05, 3.63) is 29.3 Å². The van der Waals surface area contributed by atoms with Gasteiger partial charge in [-0.25, -0.2) is 4.79 Å². The fraction of sp³-hybridized carbons (Fsp3) is 0.556. The Morgan fingerprint density at radius 3 is 2.70 bits per heavy atom. The van der Waals surface area contributed by atoms with E-state index in [1.807, 2.05) is 13.0 Å². The number of methoxy groups -OCH3 is 1.